The molecule has 2 aromatic rings. The molecule has 2 aliphatic heterocycles. The van der Waals surface area contributed by atoms with Crippen molar-refractivity contribution in [3.8, 4) is 0 Å². The summed E-state index contributed by atoms with van der Waals surface area (Å²) in [7, 11) is 1.43. The van der Waals surface area contributed by atoms with Crippen LogP contribution in [0.1, 0.15) is 31.2 Å². The van der Waals surface area contributed by atoms with Crippen molar-refractivity contribution in [3.63, 3.8) is 0 Å². The van der Waals surface area contributed by atoms with Gasteiger partial charge in [-0.15, -0.1) is 0 Å². The van der Waals surface area contributed by atoms with Crippen LogP contribution in [0.25, 0.3) is 0 Å². The molecule has 33 heavy (non-hydrogen) atoms. The first-order valence-corrected chi connectivity index (χ1v) is 11.7. The second-order valence-electron chi connectivity index (χ2n) is 8.93. The molecule has 8 heteroatoms. The Labute approximate surface area is 193 Å². The molecule has 0 spiro atoms. The number of esters is 1. The number of carbonyl (C=O) groups excluding carboxylic acids is 2. The molecule has 1 saturated carbocycles. The number of anilines is 4. The number of hydrogen-bond acceptors (Lipinski definition) is 7. The maximum absolute atomic E-state index is 13.8. The molecular weight excluding hydrogens is 420 g/mol. The van der Waals surface area contributed by atoms with Gasteiger partial charge in [0.25, 0.3) is 0 Å². The van der Waals surface area contributed by atoms with Crippen molar-refractivity contribution in [2.75, 3.05) is 48.5 Å². The maximum Gasteiger partial charge on any atom is 0.308 e. The molecule has 1 aliphatic carbocycles. The third kappa shape index (κ3) is 4.39. The standard InChI is InChI=1S/C25H30N4O4/c1-32-25(31)18-6-4-17(5-7-18)24(30)29-16-19-3-2-10-26-23(19)27-21-9-8-20(15-22(21)29)28-11-13-33-14-12-28/h2-3,8-10,15,17-18H,4-7,11-14,16H2,1H3,(H,26,27). The average Bonchev–Trinajstić information content (AvgIpc) is 3.04. The molecule has 1 amide bonds. The van der Waals surface area contributed by atoms with Crippen LogP contribution in [0.4, 0.5) is 22.9 Å². The normalized spacial score (nSPS) is 22.5. The Morgan fingerprint density at radius 3 is 2.61 bits per heavy atom. The lowest BCUT2D eigenvalue weighted by Gasteiger charge is -2.33. The smallest absolute Gasteiger partial charge is 0.308 e. The summed E-state index contributed by atoms with van der Waals surface area (Å²) in [5.74, 6) is 0.513. The van der Waals surface area contributed by atoms with Crippen molar-refractivity contribution in [1.29, 1.82) is 0 Å². The van der Waals surface area contributed by atoms with Crippen molar-refractivity contribution < 1.29 is 19.1 Å². The summed E-state index contributed by atoms with van der Waals surface area (Å²) in [6, 6.07) is 10.2. The number of ether oxygens (including phenoxy) is 2. The number of morpholine rings is 1. The number of nitrogens with zero attached hydrogens (tertiary/aromatic N) is 3. The van der Waals surface area contributed by atoms with Crippen LogP contribution in [0.5, 0.6) is 0 Å². The van der Waals surface area contributed by atoms with E-state index in [9.17, 15) is 9.59 Å². The van der Waals surface area contributed by atoms with Gasteiger partial charge in [0.05, 0.1) is 44.2 Å². The minimum absolute atomic E-state index is 0.102. The third-order valence-electron chi connectivity index (χ3n) is 7.00. The predicted molar refractivity (Wildman–Crippen MR) is 126 cm³/mol. The molecule has 1 saturated heterocycles. The average molecular weight is 451 g/mol. The van der Waals surface area contributed by atoms with Gasteiger partial charge in [0.1, 0.15) is 5.82 Å². The summed E-state index contributed by atoms with van der Waals surface area (Å²) in [6.45, 7) is 3.54. The molecule has 5 rings (SSSR count). The van der Waals surface area contributed by atoms with E-state index < -0.39 is 0 Å². The number of aromatic nitrogens is 1. The minimum atomic E-state index is -0.166. The van der Waals surface area contributed by atoms with Gasteiger partial charge in [-0.3, -0.25) is 9.59 Å². The third-order valence-corrected chi connectivity index (χ3v) is 7.00. The lowest BCUT2D eigenvalue weighted by Crippen LogP contribution is -2.39. The van der Waals surface area contributed by atoms with Crippen LogP contribution >= 0.6 is 0 Å². The lowest BCUT2D eigenvalue weighted by molar-refractivity contribution is -0.147. The van der Waals surface area contributed by atoms with Crippen molar-refractivity contribution in [3.05, 3.63) is 42.1 Å². The molecule has 0 bridgehead atoms. The predicted octanol–water partition coefficient (Wildman–Crippen LogP) is 3.49. The lowest BCUT2D eigenvalue weighted by atomic mass is 9.81. The number of nitrogens with one attached hydrogen (secondary N) is 1. The molecule has 1 aromatic heterocycles. The van der Waals surface area contributed by atoms with E-state index in [2.05, 4.69) is 27.3 Å². The summed E-state index contributed by atoms with van der Waals surface area (Å²) in [5, 5.41) is 3.44. The molecule has 3 aliphatic rings. The topological polar surface area (TPSA) is 84.0 Å². The zero-order valence-corrected chi connectivity index (χ0v) is 19.0. The van der Waals surface area contributed by atoms with Gasteiger partial charge in [-0.05, 0) is 49.9 Å². The number of rotatable bonds is 3. The number of carbonyl (C=O) groups is 2. The molecule has 0 radical (unpaired) electrons. The summed E-state index contributed by atoms with van der Waals surface area (Å²) in [4.78, 5) is 34.5. The molecule has 1 N–H and O–H groups in total. The summed E-state index contributed by atoms with van der Waals surface area (Å²) >= 11 is 0. The van der Waals surface area contributed by atoms with Gasteiger partial charge in [0.2, 0.25) is 5.91 Å². The van der Waals surface area contributed by atoms with E-state index in [1.165, 1.54) is 7.11 Å². The molecule has 1 aromatic carbocycles. The van der Waals surface area contributed by atoms with E-state index in [1.54, 1.807) is 6.20 Å². The highest BCUT2D eigenvalue weighted by Gasteiger charge is 2.35. The summed E-state index contributed by atoms with van der Waals surface area (Å²) in [5.41, 5.74) is 3.82. The second kappa shape index (κ2) is 9.39. The van der Waals surface area contributed by atoms with Crippen LogP contribution in [0.3, 0.4) is 0 Å². The quantitative estimate of drug-likeness (QED) is 0.717. The number of amides is 1. The van der Waals surface area contributed by atoms with Crippen molar-refractivity contribution >= 4 is 34.8 Å². The Morgan fingerprint density at radius 2 is 1.85 bits per heavy atom. The molecule has 0 unspecified atom stereocenters. The van der Waals surface area contributed by atoms with Gasteiger partial charge in [-0.1, -0.05) is 6.07 Å². The highest BCUT2D eigenvalue weighted by Crippen LogP contribution is 2.40. The molecule has 2 fully saturated rings. The van der Waals surface area contributed by atoms with Crippen LogP contribution in [-0.4, -0.2) is 50.3 Å². The van der Waals surface area contributed by atoms with Gasteiger partial charge in [-0.25, -0.2) is 4.98 Å². The van der Waals surface area contributed by atoms with Gasteiger partial charge in [0.15, 0.2) is 0 Å². The highest BCUT2D eigenvalue weighted by molar-refractivity contribution is 6.00. The van der Waals surface area contributed by atoms with Gasteiger partial charge in [0, 0.05) is 36.5 Å². The van der Waals surface area contributed by atoms with E-state index >= 15 is 0 Å². The second-order valence-corrected chi connectivity index (χ2v) is 8.93. The van der Waals surface area contributed by atoms with E-state index in [-0.39, 0.29) is 23.7 Å². The Bertz CT molecular complexity index is 1030. The number of fused-ring (bicyclic) bond motifs is 2. The number of pyridine rings is 1. The van der Waals surface area contributed by atoms with Crippen LogP contribution in [0.2, 0.25) is 0 Å². The van der Waals surface area contributed by atoms with E-state index in [4.69, 9.17) is 9.47 Å². The Kier molecular flexibility index (Phi) is 6.17. The Morgan fingerprint density at radius 1 is 1.09 bits per heavy atom. The zero-order valence-electron chi connectivity index (χ0n) is 19.0. The Balaban J connectivity index is 1.45. The number of benzene rings is 1. The van der Waals surface area contributed by atoms with Crippen LogP contribution in [0, 0.1) is 11.8 Å². The fourth-order valence-corrected chi connectivity index (χ4v) is 5.09. The van der Waals surface area contributed by atoms with Crippen molar-refractivity contribution in [2.45, 2.75) is 32.2 Å². The SMILES string of the molecule is COC(=O)C1CCC(C(=O)N2Cc3cccnc3Nc3ccc(N4CCOCC4)cc32)CC1. The van der Waals surface area contributed by atoms with Crippen molar-refractivity contribution in [1.82, 2.24) is 4.98 Å². The largest absolute Gasteiger partial charge is 0.469 e. The fraction of sp³-hybridized carbons (Fsp3) is 0.480. The van der Waals surface area contributed by atoms with Crippen LogP contribution in [-0.2, 0) is 25.6 Å². The van der Waals surface area contributed by atoms with Crippen molar-refractivity contribution in [2.24, 2.45) is 11.8 Å². The van der Waals surface area contributed by atoms with Crippen LogP contribution in [0.15, 0.2) is 36.5 Å². The zero-order chi connectivity index (χ0) is 22.8. The minimum Gasteiger partial charge on any atom is -0.469 e. The molecule has 0 atom stereocenters. The van der Waals surface area contributed by atoms with Gasteiger partial charge >= 0.3 is 5.97 Å². The molecule has 8 nitrogen and oxygen atoms in total. The number of hydrogen-bond donors (Lipinski definition) is 1. The molecule has 3 heterocycles. The van der Waals surface area contributed by atoms with Gasteiger partial charge < -0.3 is 24.6 Å². The maximum atomic E-state index is 13.8. The molecule has 174 valence electrons. The fourth-order valence-electron chi connectivity index (χ4n) is 5.09. The van der Waals surface area contributed by atoms with E-state index in [1.807, 2.05) is 23.1 Å². The van der Waals surface area contributed by atoms with Gasteiger partial charge in [-0.2, -0.15) is 0 Å². The first-order chi connectivity index (χ1) is 16.1. The summed E-state index contributed by atoms with van der Waals surface area (Å²) < 4.78 is 10.4. The summed E-state index contributed by atoms with van der Waals surface area (Å²) in [6.07, 6.45) is 4.53. The number of methoxy groups -OCH3 is 1. The first kappa shape index (κ1) is 21.7. The Hall–Kier alpha value is -3.13. The highest BCUT2D eigenvalue weighted by atomic mass is 16.5. The van der Waals surface area contributed by atoms with Crippen LogP contribution < -0.4 is 15.1 Å². The van der Waals surface area contributed by atoms with E-state index in [0.29, 0.717) is 45.4 Å². The van der Waals surface area contributed by atoms with E-state index in [0.717, 1.165) is 41.5 Å². The monoisotopic (exact) mass is 450 g/mol. The molecular formula is C25H30N4O4. The first-order valence-electron chi connectivity index (χ1n) is 11.7.